The van der Waals surface area contributed by atoms with Crippen LogP contribution in [-0.4, -0.2) is 41.2 Å². The number of hydrogen-bond donors (Lipinski definition) is 3. The van der Waals surface area contributed by atoms with Crippen molar-refractivity contribution in [3.63, 3.8) is 0 Å². The SMILES string of the molecule is COc1cc(CN(C)O)cc(NC(=O)OC(C)(C)C)c1O. The van der Waals surface area contributed by atoms with Crippen molar-refractivity contribution in [1.82, 2.24) is 5.06 Å². The summed E-state index contributed by atoms with van der Waals surface area (Å²) in [5.41, 5.74) is 0.161. The first-order chi connectivity index (χ1) is 9.62. The number of nitrogens with zero attached hydrogens (tertiary/aromatic N) is 1. The van der Waals surface area contributed by atoms with Crippen LogP contribution in [0.5, 0.6) is 11.5 Å². The third-order valence-electron chi connectivity index (χ3n) is 2.40. The second-order valence-electron chi connectivity index (χ2n) is 5.64. The largest absolute Gasteiger partial charge is 0.503 e. The summed E-state index contributed by atoms with van der Waals surface area (Å²) < 4.78 is 10.2. The van der Waals surface area contributed by atoms with E-state index in [0.717, 1.165) is 5.06 Å². The fourth-order valence-electron chi connectivity index (χ4n) is 1.68. The molecule has 0 aromatic heterocycles. The summed E-state index contributed by atoms with van der Waals surface area (Å²) in [5, 5.41) is 22.7. The van der Waals surface area contributed by atoms with Gasteiger partial charge in [0.2, 0.25) is 0 Å². The van der Waals surface area contributed by atoms with Crippen LogP contribution in [0.4, 0.5) is 10.5 Å². The van der Waals surface area contributed by atoms with E-state index in [1.54, 1.807) is 26.8 Å². The van der Waals surface area contributed by atoms with Gasteiger partial charge in [0.15, 0.2) is 11.5 Å². The van der Waals surface area contributed by atoms with Crippen molar-refractivity contribution in [2.24, 2.45) is 0 Å². The molecule has 7 heteroatoms. The van der Waals surface area contributed by atoms with E-state index in [1.165, 1.54) is 20.2 Å². The van der Waals surface area contributed by atoms with Gasteiger partial charge < -0.3 is 19.8 Å². The molecule has 1 aromatic carbocycles. The van der Waals surface area contributed by atoms with Gasteiger partial charge in [0.05, 0.1) is 12.8 Å². The summed E-state index contributed by atoms with van der Waals surface area (Å²) in [6.45, 7) is 5.43. The number of carbonyl (C=O) groups is 1. The lowest BCUT2D eigenvalue weighted by Crippen LogP contribution is -2.27. The number of hydroxylamine groups is 2. The molecule has 0 heterocycles. The third kappa shape index (κ3) is 5.49. The van der Waals surface area contributed by atoms with Gasteiger partial charge in [-0.1, -0.05) is 0 Å². The van der Waals surface area contributed by atoms with Gasteiger partial charge in [0.25, 0.3) is 0 Å². The van der Waals surface area contributed by atoms with Gasteiger partial charge in [-0.05, 0) is 38.5 Å². The van der Waals surface area contributed by atoms with Gasteiger partial charge in [-0.2, -0.15) is 5.06 Å². The molecule has 1 aromatic rings. The molecule has 21 heavy (non-hydrogen) atoms. The molecule has 0 aliphatic rings. The van der Waals surface area contributed by atoms with Crippen LogP contribution in [0.3, 0.4) is 0 Å². The van der Waals surface area contributed by atoms with E-state index in [2.05, 4.69) is 5.32 Å². The Hall–Kier alpha value is -1.99. The minimum absolute atomic E-state index is 0.153. The molecular weight excluding hydrogens is 276 g/mol. The first kappa shape index (κ1) is 17.1. The van der Waals surface area contributed by atoms with E-state index in [4.69, 9.17) is 9.47 Å². The number of aromatic hydroxyl groups is 1. The van der Waals surface area contributed by atoms with Crippen LogP contribution in [-0.2, 0) is 11.3 Å². The minimum Gasteiger partial charge on any atom is -0.503 e. The molecule has 0 aliphatic carbocycles. The maximum atomic E-state index is 11.8. The number of hydrogen-bond acceptors (Lipinski definition) is 6. The summed E-state index contributed by atoms with van der Waals surface area (Å²) >= 11 is 0. The summed E-state index contributed by atoms with van der Waals surface area (Å²) in [5.74, 6) is -0.00638. The number of amides is 1. The topological polar surface area (TPSA) is 91.3 Å². The van der Waals surface area contributed by atoms with Crippen molar-refractivity contribution in [3.05, 3.63) is 17.7 Å². The maximum absolute atomic E-state index is 11.8. The van der Waals surface area contributed by atoms with Gasteiger partial charge >= 0.3 is 6.09 Å². The molecule has 1 amide bonds. The molecule has 1 rings (SSSR count). The van der Waals surface area contributed by atoms with Gasteiger partial charge in [-0.3, -0.25) is 5.32 Å². The Morgan fingerprint density at radius 3 is 2.48 bits per heavy atom. The number of benzene rings is 1. The second-order valence-corrected chi connectivity index (χ2v) is 5.64. The van der Waals surface area contributed by atoms with Crippen LogP contribution in [0.2, 0.25) is 0 Å². The van der Waals surface area contributed by atoms with Crippen molar-refractivity contribution in [1.29, 1.82) is 0 Å². The Kier molecular flexibility index (Phi) is 5.40. The summed E-state index contributed by atoms with van der Waals surface area (Å²) in [6, 6.07) is 3.11. The molecule has 0 unspecified atom stereocenters. The second kappa shape index (κ2) is 6.64. The van der Waals surface area contributed by atoms with Crippen molar-refractivity contribution >= 4 is 11.8 Å². The standard InChI is InChI=1S/C14H22N2O5/c1-14(2,3)21-13(18)15-10-6-9(8-16(4)19)7-11(20-5)12(10)17/h6-7,17,19H,8H2,1-5H3,(H,15,18). The highest BCUT2D eigenvalue weighted by Gasteiger charge is 2.19. The fraction of sp³-hybridized carbons (Fsp3) is 0.500. The van der Waals surface area contributed by atoms with E-state index in [0.29, 0.717) is 5.56 Å². The monoisotopic (exact) mass is 298 g/mol. The molecule has 7 nitrogen and oxygen atoms in total. The quantitative estimate of drug-likeness (QED) is 0.584. The van der Waals surface area contributed by atoms with Crippen molar-refractivity contribution in [3.8, 4) is 11.5 Å². The van der Waals surface area contributed by atoms with Crippen molar-refractivity contribution in [2.45, 2.75) is 32.9 Å². The molecule has 3 N–H and O–H groups in total. The molecule has 0 bridgehead atoms. The van der Waals surface area contributed by atoms with Gasteiger partial charge in [0.1, 0.15) is 5.60 Å². The molecular formula is C14H22N2O5. The number of rotatable bonds is 4. The van der Waals surface area contributed by atoms with Gasteiger partial charge in [-0.15, -0.1) is 0 Å². The molecule has 0 radical (unpaired) electrons. The first-order valence-corrected chi connectivity index (χ1v) is 6.42. The fourth-order valence-corrected chi connectivity index (χ4v) is 1.68. The lowest BCUT2D eigenvalue weighted by atomic mass is 10.1. The highest BCUT2D eigenvalue weighted by Crippen LogP contribution is 2.36. The smallest absolute Gasteiger partial charge is 0.412 e. The third-order valence-corrected chi connectivity index (χ3v) is 2.40. The van der Waals surface area contributed by atoms with E-state index in [-0.39, 0.29) is 23.7 Å². The number of methoxy groups -OCH3 is 1. The van der Waals surface area contributed by atoms with Crippen LogP contribution in [0.25, 0.3) is 0 Å². The number of anilines is 1. The van der Waals surface area contributed by atoms with Crippen LogP contribution in [0, 0.1) is 0 Å². The summed E-state index contributed by atoms with van der Waals surface area (Å²) in [6.07, 6.45) is -0.686. The summed E-state index contributed by atoms with van der Waals surface area (Å²) in [7, 11) is 2.89. The van der Waals surface area contributed by atoms with E-state index < -0.39 is 11.7 Å². The number of carbonyl (C=O) groups excluding carboxylic acids is 1. The van der Waals surface area contributed by atoms with E-state index in [9.17, 15) is 15.1 Å². The highest BCUT2D eigenvalue weighted by molar-refractivity contribution is 5.88. The molecule has 0 saturated carbocycles. The first-order valence-electron chi connectivity index (χ1n) is 6.42. The molecule has 0 fully saturated rings. The zero-order valence-electron chi connectivity index (χ0n) is 12.9. The normalized spacial score (nSPS) is 11.4. The van der Waals surface area contributed by atoms with E-state index in [1.807, 2.05) is 0 Å². The Bertz CT molecular complexity index is 509. The number of phenols is 1. The molecule has 0 saturated heterocycles. The predicted molar refractivity (Wildman–Crippen MR) is 77.8 cm³/mol. The van der Waals surface area contributed by atoms with Crippen LogP contribution in [0.15, 0.2) is 12.1 Å². The molecule has 0 spiro atoms. The number of ether oxygens (including phenoxy) is 2. The predicted octanol–water partition coefficient (Wildman–Crippen LogP) is 2.57. The Labute approximate surface area is 124 Å². The molecule has 0 atom stereocenters. The number of nitrogens with one attached hydrogen (secondary N) is 1. The van der Waals surface area contributed by atoms with Crippen molar-refractivity contribution in [2.75, 3.05) is 19.5 Å². The average molecular weight is 298 g/mol. The van der Waals surface area contributed by atoms with Gasteiger partial charge in [-0.25, -0.2) is 4.79 Å². The number of phenolic OH excluding ortho intramolecular Hbond substituents is 1. The van der Waals surface area contributed by atoms with Crippen LogP contribution < -0.4 is 10.1 Å². The average Bonchev–Trinajstić information content (AvgIpc) is 2.29. The van der Waals surface area contributed by atoms with Crippen LogP contribution in [0.1, 0.15) is 26.3 Å². The minimum atomic E-state index is -0.686. The van der Waals surface area contributed by atoms with Crippen LogP contribution >= 0.6 is 0 Å². The Morgan fingerprint density at radius 2 is 2.00 bits per heavy atom. The Balaban J connectivity index is 3.02. The maximum Gasteiger partial charge on any atom is 0.412 e. The van der Waals surface area contributed by atoms with Crippen molar-refractivity contribution < 1.29 is 24.6 Å². The molecule has 118 valence electrons. The lowest BCUT2D eigenvalue weighted by molar-refractivity contribution is -0.0731. The Morgan fingerprint density at radius 1 is 1.38 bits per heavy atom. The zero-order chi connectivity index (χ0) is 16.2. The summed E-state index contributed by atoms with van der Waals surface area (Å²) in [4.78, 5) is 11.8. The van der Waals surface area contributed by atoms with E-state index >= 15 is 0 Å². The molecule has 0 aliphatic heterocycles. The van der Waals surface area contributed by atoms with Gasteiger partial charge in [0, 0.05) is 13.6 Å². The zero-order valence-corrected chi connectivity index (χ0v) is 12.9. The lowest BCUT2D eigenvalue weighted by Gasteiger charge is -2.20. The highest BCUT2D eigenvalue weighted by atomic mass is 16.6.